The molecule has 0 radical (unpaired) electrons. The van der Waals surface area contributed by atoms with Crippen LogP contribution < -0.4 is 14.8 Å². The summed E-state index contributed by atoms with van der Waals surface area (Å²) in [5.74, 6) is 0.870. The molecule has 0 fully saturated rings. The highest BCUT2D eigenvalue weighted by Gasteiger charge is 2.12. The molecule has 0 unspecified atom stereocenters. The number of aryl methyl sites for hydroxylation is 2. The highest BCUT2D eigenvalue weighted by atomic mass is 32.2. The Bertz CT molecular complexity index is 1220. The van der Waals surface area contributed by atoms with Crippen molar-refractivity contribution < 1.29 is 29.8 Å². The van der Waals surface area contributed by atoms with E-state index in [0.717, 1.165) is 12.5 Å². The van der Waals surface area contributed by atoms with E-state index in [0.29, 0.717) is 43.0 Å². The Morgan fingerprint density at radius 3 is 1.79 bits per heavy atom. The minimum Gasteiger partial charge on any atom is -0.324 e. The minimum atomic E-state index is -4.39. The molecule has 0 aliphatic rings. The average Bonchev–Trinajstić information content (AvgIpc) is 2.67. The summed E-state index contributed by atoms with van der Waals surface area (Å²) in [5.41, 5.74) is 0.311. The normalized spacial score (nSPS) is 12.6. The lowest BCUT2D eigenvalue weighted by Crippen LogP contribution is -2.24. The van der Waals surface area contributed by atoms with E-state index in [9.17, 15) is 29.8 Å². The molecule has 33 heavy (non-hydrogen) atoms. The van der Waals surface area contributed by atoms with Crippen LogP contribution in [0.25, 0.3) is 0 Å². The summed E-state index contributed by atoms with van der Waals surface area (Å²) in [6, 6.07) is 5.44. The maximum atomic E-state index is 11.4. The summed E-state index contributed by atoms with van der Waals surface area (Å²) < 4.78 is 81.5. The molecule has 1 aromatic heterocycles. The van der Waals surface area contributed by atoms with Crippen molar-refractivity contribution in [1.82, 2.24) is 24.4 Å². The van der Waals surface area contributed by atoms with Crippen molar-refractivity contribution in [3.8, 4) is 0 Å². The number of hydrogen-bond donors (Lipinski definition) is 4. The largest absolute Gasteiger partial charge is 0.324 e. The molecule has 16 heteroatoms. The fourth-order valence-electron chi connectivity index (χ4n) is 2.62. The first-order chi connectivity index (χ1) is 15.2. The Morgan fingerprint density at radius 2 is 1.33 bits per heavy atom. The topological polar surface area (TPSA) is 197 Å². The molecule has 1 heterocycles. The van der Waals surface area contributed by atoms with Crippen LogP contribution in [0.5, 0.6) is 0 Å². The Hall–Kier alpha value is -2.24. The molecule has 0 bridgehead atoms. The molecule has 0 aliphatic heterocycles. The van der Waals surface area contributed by atoms with Crippen molar-refractivity contribution in [2.45, 2.75) is 30.6 Å². The van der Waals surface area contributed by atoms with Gasteiger partial charge in [-0.2, -0.15) is 18.4 Å². The van der Waals surface area contributed by atoms with Gasteiger partial charge in [-0.05, 0) is 31.0 Å². The number of sulfonamides is 2. The van der Waals surface area contributed by atoms with Gasteiger partial charge >= 0.3 is 0 Å². The molecule has 4 N–H and O–H groups in total. The smallest absolute Gasteiger partial charge is 0.294 e. The van der Waals surface area contributed by atoms with Crippen molar-refractivity contribution in [2.24, 2.45) is 0 Å². The Morgan fingerprint density at radius 1 is 0.818 bits per heavy atom. The van der Waals surface area contributed by atoms with Gasteiger partial charge in [-0.15, -0.1) is 0 Å². The van der Waals surface area contributed by atoms with Crippen LogP contribution in [0.2, 0.25) is 0 Å². The van der Waals surface area contributed by atoms with Crippen molar-refractivity contribution >= 4 is 41.8 Å². The van der Waals surface area contributed by atoms with Crippen LogP contribution in [0.15, 0.2) is 29.2 Å². The zero-order chi connectivity index (χ0) is 24.7. The molecule has 2 rings (SSSR count). The van der Waals surface area contributed by atoms with Crippen molar-refractivity contribution in [3.63, 3.8) is 0 Å². The fraction of sp³-hybridized carbons (Fsp3) is 0.471. The second kappa shape index (κ2) is 11.3. The molecule has 0 spiro atoms. The lowest BCUT2D eigenvalue weighted by molar-refractivity contribution is 0.483. The quantitative estimate of drug-likeness (QED) is 0.201. The van der Waals surface area contributed by atoms with Gasteiger partial charge in [0.05, 0.1) is 17.4 Å². The molecular weight excluding hydrogens is 496 g/mol. The summed E-state index contributed by atoms with van der Waals surface area (Å²) in [4.78, 5) is 12.6. The number of nitrogens with one attached hydrogen (secondary N) is 3. The first kappa shape index (κ1) is 27.0. The second-order valence-corrected chi connectivity index (χ2v) is 12.2. The molecule has 0 amide bonds. The molecule has 0 saturated carbocycles. The fourth-order valence-corrected chi connectivity index (χ4v) is 4.18. The van der Waals surface area contributed by atoms with E-state index >= 15 is 0 Å². The summed E-state index contributed by atoms with van der Waals surface area (Å²) in [7, 11) is -11.0. The molecule has 13 nitrogen and oxygen atoms in total. The molecule has 184 valence electrons. The third-order valence-electron chi connectivity index (χ3n) is 4.00. The van der Waals surface area contributed by atoms with E-state index < -0.39 is 30.2 Å². The summed E-state index contributed by atoms with van der Waals surface area (Å²) >= 11 is 0. The van der Waals surface area contributed by atoms with E-state index in [2.05, 4.69) is 29.7 Å². The van der Waals surface area contributed by atoms with Gasteiger partial charge in [0, 0.05) is 31.6 Å². The minimum absolute atomic E-state index is 0.120. The Labute approximate surface area is 193 Å². The maximum absolute atomic E-state index is 11.4. The zero-order valence-electron chi connectivity index (χ0n) is 18.0. The summed E-state index contributed by atoms with van der Waals surface area (Å²) in [6.45, 7) is 0.384. The highest BCUT2D eigenvalue weighted by molar-refractivity contribution is 7.89. The number of aromatic nitrogens is 3. The van der Waals surface area contributed by atoms with Gasteiger partial charge in [0.25, 0.3) is 10.1 Å². The van der Waals surface area contributed by atoms with Crippen LogP contribution in [-0.2, 0) is 43.0 Å². The lowest BCUT2D eigenvalue weighted by Gasteiger charge is -2.10. The van der Waals surface area contributed by atoms with Crippen LogP contribution in [0.4, 0.5) is 11.6 Å². The van der Waals surface area contributed by atoms with E-state index in [4.69, 9.17) is 0 Å². The van der Waals surface area contributed by atoms with Crippen LogP contribution in [0.3, 0.4) is 0 Å². The van der Waals surface area contributed by atoms with E-state index in [1.807, 2.05) is 0 Å². The van der Waals surface area contributed by atoms with Gasteiger partial charge in [-0.3, -0.25) is 4.55 Å². The first-order valence-electron chi connectivity index (χ1n) is 9.69. The number of anilines is 2. The Kier molecular flexibility index (Phi) is 9.21. The number of benzene rings is 1. The standard InChI is InChI=1S/C17H26N6O7S3/c1-31(24,25)18-10-4-8-15-21-16(9-5-11-19-32(2,26)27)23-17(22-15)20-13-6-3-7-14(12-13)33(28,29)30/h3,6-7,12,18-19H,4-5,8-11H2,1-2H3,(H,28,29,30)(H,20,21,22,23). The van der Waals surface area contributed by atoms with Gasteiger partial charge in [0.15, 0.2) is 0 Å². The van der Waals surface area contributed by atoms with Gasteiger partial charge in [-0.1, -0.05) is 6.07 Å². The number of rotatable bonds is 13. The highest BCUT2D eigenvalue weighted by Crippen LogP contribution is 2.18. The van der Waals surface area contributed by atoms with E-state index in [1.165, 1.54) is 18.2 Å². The Balaban J connectivity index is 2.19. The molecule has 0 saturated heterocycles. The predicted octanol–water partition coefficient (Wildman–Crippen LogP) is -0.174. The number of nitrogens with zero attached hydrogens (tertiary/aromatic N) is 3. The average molecular weight is 523 g/mol. The first-order valence-corrected chi connectivity index (χ1v) is 14.9. The monoisotopic (exact) mass is 522 g/mol. The maximum Gasteiger partial charge on any atom is 0.294 e. The van der Waals surface area contributed by atoms with Gasteiger partial charge < -0.3 is 5.32 Å². The zero-order valence-corrected chi connectivity index (χ0v) is 20.5. The molecule has 1 aromatic carbocycles. The van der Waals surface area contributed by atoms with Crippen molar-refractivity contribution in [2.75, 3.05) is 30.9 Å². The van der Waals surface area contributed by atoms with Crippen molar-refractivity contribution in [1.29, 1.82) is 0 Å². The predicted molar refractivity (Wildman–Crippen MR) is 122 cm³/mol. The third kappa shape index (κ3) is 11.0. The molecule has 0 aliphatic carbocycles. The van der Waals surface area contributed by atoms with E-state index in [1.54, 1.807) is 6.07 Å². The number of hydrogen-bond acceptors (Lipinski definition) is 10. The van der Waals surface area contributed by atoms with Crippen LogP contribution >= 0.6 is 0 Å². The second-order valence-electron chi connectivity index (χ2n) is 7.16. The van der Waals surface area contributed by atoms with Crippen molar-refractivity contribution in [3.05, 3.63) is 35.9 Å². The van der Waals surface area contributed by atoms with Crippen LogP contribution in [0, 0.1) is 0 Å². The van der Waals surface area contributed by atoms with Crippen LogP contribution in [0.1, 0.15) is 24.5 Å². The molecule has 0 atom stereocenters. The van der Waals surface area contributed by atoms with Gasteiger partial charge in [0.1, 0.15) is 11.6 Å². The SMILES string of the molecule is CS(=O)(=O)NCCCc1nc(CCCNS(C)(=O)=O)nc(Nc2cccc(S(=O)(=O)O)c2)n1. The van der Waals surface area contributed by atoms with E-state index in [-0.39, 0.29) is 23.9 Å². The lowest BCUT2D eigenvalue weighted by atomic mass is 10.2. The molecule has 2 aromatic rings. The third-order valence-corrected chi connectivity index (χ3v) is 6.31. The molecular formula is C17H26N6O7S3. The van der Waals surface area contributed by atoms with Gasteiger partial charge in [0.2, 0.25) is 26.0 Å². The van der Waals surface area contributed by atoms with Crippen LogP contribution in [-0.4, -0.2) is 70.4 Å². The summed E-state index contributed by atoms with van der Waals surface area (Å²) in [6.07, 6.45) is 3.62. The van der Waals surface area contributed by atoms with Gasteiger partial charge in [-0.25, -0.2) is 31.3 Å². The summed E-state index contributed by atoms with van der Waals surface area (Å²) in [5, 5.41) is 2.87.